The molecule has 0 spiro atoms. The lowest BCUT2D eigenvalue weighted by atomic mass is 10.1. The lowest BCUT2D eigenvalue weighted by molar-refractivity contribution is 0.113. The molecule has 0 atom stereocenters. The van der Waals surface area contributed by atoms with E-state index in [-0.39, 0.29) is 11.6 Å². The SMILES string of the molecule is O=S(=O)(c1cccc(NCCCCCF)c1)N1CCC(O)CC1. The molecule has 0 bridgehead atoms. The summed E-state index contributed by atoms with van der Waals surface area (Å²) in [7, 11) is -3.51. The molecule has 130 valence electrons. The molecule has 0 radical (unpaired) electrons. The predicted octanol–water partition coefficient (Wildman–Crippen LogP) is 2.38. The zero-order valence-electron chi connectivity index (χ0n) is 13.2. The van der Waals surface area contributed by atoms with Crippen LogP contribution in [0.2, 0.25) is 0 Å². The average molecular weight is 344 g/mol. The first-order valence-electron chi connectivity index (χ1n) is 8.12. The van der Waals surface area contributed by atoms with Gasteiger partial charge in [-0.2, -0.15) is 4.31 Å². The topological polar surface area (TPSA) is 69.6 Å². The number of aliphatic hydroxyl groups is 1. The second kappa shape index (κ2) is 8.61. The lowest BCUT2D eigenvalue weighted by Gasteiger charge is -2.28. The van der Waals surface area contributed by atoms with E-state index >= 15 is 0 Å². The number of benzene rings is 1. The number of hydrogen-bond donors (Lipinski definition) is 2. The second-order valence-electron chi connectivity index (χ2n) is 5.84. The zero-order chi connectivity index (χ0) is 16.7. The molecule has 0 aromatic heterocycles. The quantitative estimate of drug-likeness (QED) is 0.711. The van der Waals surface area contributed by atoms with Crippen LogP contribution >= 0.6 is 0 Å². The summed E-state index contributed by atoms with van der Waals surface area (Å²) in [4.78, 5) is 0.266. The smallest absolute Gasteiger partial charge is 0.243 e. The summed E-state index contributed by atoms with van der Waals surface area (Å²) >= 11 is 0. The highest BCUT2D eigenvalue weighted by Crippen LogP contribution is 2.23. The number of halogens is 1. The number of unbranched alkanes of at least 4 members (excludes halogenated alkanes) is 2. The van der Waals surface area contributed by atoms with Gasteiger partial charge in [-0.05, 0) is 50.3 Å². The van der Waals surface area contributed by atoms with Crippen molar-refractivity contribution in [3.05, 3.63) is 24.3 Å². The molecule has 1 aliphatic heterocycles. The normalized spacial score (nSPS) is 17.3. The zero-order valence-corrected chi connectivity index (χ0v) is 14.1. The Hall–Kier alpha value is -1.18. The second-order valence-corrected chi connectivity index (χ2v) is 7.78. The molecule has 1 saturated heterocycles. The van der Waals surface area contributed by atoms with Gasteiger partial charge in [0.1, 0.15) is 0 Å². The first kappa shape index (κ1) is 18.2. The van der Waals surface area contributed by atoms with Crippen LogP contribution in [0.15, 0.2) is 29.2 Å². The molecular formula is C16H25FN2O3S. The van der Waals surface area contributed by atoms with Crippen molar-refractivity contribution in [2.45, 2.75) is 43.1 Å². The number of nitrogens with zero attached hydrogens (tertiary/aromatic N) is 1. The van der Waals surface area contributed by atoms with Crippen LogP contribution < -0.4 is 5.32 Å². The molecular weight excluding hydrogens is 319 g/mol. The Labute approximate surface area is 137 Å². The number of anilines is 1. The molecule has 1 heterocycles. The van der Waals surface area contributed by atoms with E-state index in [9.17, 15) is 17.9 Å². The minimum atomic E-state index is -3.51. The summed E-state index contributed by atoms with van der Waals surface area (Å²) in [5.74, 6) is 0. The molecule has 5 nitrogen and oxygen atoms in total. The van der Waals surface area contributed by atoms with E-state index in [2.05, 4.69) is 5.32 Å². The van der Waals surface area contributed by atoms with Crippen molar-refractivity contribution in [1.29, 1.82) is 0 Å². The number of piperidine rings is 1. The van der Waals surface area contributed by atoms with E-state index in [4.69, 9.17) is 0 Å². The number of sulfonamides is 1. The fourth-order valence-corrected chi connectivity index (χ4v) is 4.14. The van der Waals surface area contributed by atoms with Gasteiger partial charge in [-0.25, -0.2) is 8.42 Å². The van der Waals surface area contributed by atoms with Crippen LogP contribution in [0.5, 0.6) is 0 Å². The first-order valence-corrected chi connectivity index (χ1v) is 9.56. The Morgan fingerprint density at radius 2 is 1.96 bits per heavy atom. The van der Waals surface area contributed by atoms with Crippen LogP contribution in [0, 0.1) is 0 Å². The van der Waals surface area contributed by atoms with Gasteiger partial charge in [0.25, 0.3) is 0 Å². The van der Waals surface area contributed by atoms with E-state index in [0.717, 1.165) is 18.5 Å². The van der Waals surface area contributed by atoms with E-state index in [1.807, 2.05) is 6.07 Å². The molecule has 23 heavy (non-hydrogen) atoms. The molecule has 1 aliphatic rings. The van der Waals surface area contributed by atoms with E-state index in [1.54, 1.807) is 18.2 Å². The maximum absolute atomic E-state index is 12.6. The van der Waals surface area contributed by atoms with Gasteiger partial charge in [0, 0.05) is 25.3 Å². The largest absolute Gasteiger partial charge is 0.393 e. The van der Waals surface area contributed by atoms with Crippen molar-refractivity contribution in [2.24, 2.45) is 0 Å². The van der Waals surface area contributed by atoms with E-state index in [1.165, 1.54) is 4.31 Å². The fraction of sp³-hybridized carbons (Fsp3) is 0.625. The van der Waals surface area contributed by atoms with Gasteiger partial charge in [0.2, 0.25) is 10.0 Å². The third-order valence-electron chi connectivity index (χ3n) is 4.03. The summed E-state index contributed by atoms with van der Waals surface area (Å²) in [6.07, 6.45) is 2.79. The Balaban J connectivity index is 1.98. The highest BCUT2D eigenvalue weighted by atomic mass is 32.2. The van der Waals surface area contributed by atoms with Crippen LogP contribution in [-0.2, 0) is 10.0 Å². The summed E-state index contributed by atoms with van der Waals surface area (Å²) in [6.45, 7) is 1.10. The number of hydrogen-bond acceptors (Lipinski definition) is 4. The number of nitrogens with one attached hydrogen (secondary N) is 1. The number of alkyl halides is 1. The molecule has 1 fully saturated rings. The molecule has 0 aliphatic carbocycles. The summed E-state index contributed by atoms with van der Waals surface area (Å²) < 4.78 is 38.7. The van der Waals surface area contributed by atoms with Gasteiger partial charge in [-0.3, -0.25) is 4.39 Å². The molecule has 1 aromatic rings. The maximum Gasteiger partial charge on any atom is 0.243 e. The van der Waals surface area contributed by atoms with Crippen LogP contribution in [-0.4, -0.2) is 50.2 Å². The third-order valence-corrected chi connectivity index (χ3v) is 5.93. The molecule has 7 heteroatoms. The minimum Gasteiger partial charge on any atom is -0.393 e. The van der Waals surface area contributed by atoms with Crippen LogP contribution in [0.3, 0.4) is 0 Å². The van der Waals surface area contributed by atoms with E-state index in [0.29, 0.717) is 38.9 Å². The summed E-state index contributed by atoms with van der Waals surface area (Å²) in [5.41, 5.74) is 0.753. The summed E-state index contributed by atoms with van der Waals surface area (Å²) in [5, 5.41) is 12.7. The van der Waals surface area contributed by atoms with Gasteiger partial charge < -0.3 is 10.4 Å². The number of rotatable bonds is 8. The molecule has 0 amide bonds. The molecule has 0 unspecified atom stereocenters. The monoisotopic (exact) mass is 344 g/mol. The Bertz CT molecular complexity index is 587. The van der Waals surface area contributed by atoms with Crippen molar-refractivity contribution < 1.29 is 17.9 Å². The van der Waals surface area contributed by atoms with Crippen molar-refractivity contribution >= 4 is 15.7 Å². The van der Waals surface area contributed by atoms with Crippen LogP contribution in [0.25, 0.3) is 0 Å². The Kier molecular flexibility index (Phi) is 6.80. The Morgan fingerprint density at radius 3 is 2.65 bits per heavy atom. The maximum atomic E-state index is 12.6. The third kappa shape index (κ3) is 5.16. The van der Waals surface area contributed by atoms with Crippen LogP contribution in [0.4, 0.5) is 10.1 Å². The summed E-state index contributed by atoms with van der Waals surface area (Å²) in [6, 6.07) is 6.77. The fourth-order valence-electron chi connectivity index (χ4n) is 2.63. The molecule has 2 N–H and O–H groups in total. The van der Waals surface area contributed by atoms with Gasteiger partial charge in [0.05, 0.1) is 17.7 Å². The molecule has 0 saturated carbocycles. The van der Waals surface area contributed by atoms with Gasteiger partial charge in [0.15, 0.2) is 0 Å². The molecule has 2 rings (SSSR count). The van der Waals surface area contributed by atoms with Gasteiger partial charge in [-0.1, -0.05) is 6.07 Å². The Morgan fingerprint density at radius 1 is 1.22 bits per heavy atom. The van der Waals surface area contributed by atoms with E-state index < -0.39 is 16.1 Å². The highest BCUT2D eigenvalue weighted by Gasteiger charge is 2.28. The highest BCUT2D eigenvalue weighted by molar-refractivity contribution is 7.89. The van der Waals surface area contributed by atoms with Gasteiger partial charge >= 0.3 is 0 Å². The van der Waals surface area contributed by atoms with Crippen molar-refractivity contribution in [3.8, 4) is 0 Å². The lowest BCUT2D eigenvalue weighted by Crippen LogP contribution is -2.39. The first-order chi connectivity index (χ1) is 11.0. The average Bonchev–Trinajstić information content (AvgIpc) is 2.55. The predicted molar refractivity (Wildman–Crippen MR) is 88.8 cm³/mol. The van der Waals surface area contributed by atoms with Crippen molar-refractivity contribution in [1.82, 2.24) is 4.31 Å². The van der Waals surface area contributed by atoms with Crippen molar-refractivity contribution in [3.63, 3.8) is 0 Å². The standard InChI is InChI=1S/C16H25FN2O3S/c17-9-2-1-3-10-18-14-5-4-6-16(13-14)23(21,22)19-11-7-15(20)8-12-19/h4-6,13,15,18,20H,1-3,7-12H2. The molecule has 1 aromatic carbocycles. The number of aliphatic hydroxyl groups excluding tert-OH is 1. The van der Waals surface area contributed by atoms with Crippen molar-refractivity contribution in [2.75, 3.05) is 31.6 Å². The minimum absolute atomic E-state index is 0.266. The van der Waals surface area contributed by atoms with Crippen LogP contribution in [0.1, 0.15) is 32.1 Å². The van der Waals surface area contributed by atoms with Gasteiger partial charge in [-0.15, -0.1) is 0 Å².